The van der Waals surface area contributed by atoms with E-state index in [-0.39, 0.29) is 23.1 Å². The van der Waals surface area contributed by atoms with E-state index < -0.39 is 36.0 Å². The van der Waals surface area contributed by atoms with Crippen molar-refractivity contribution in [1.29, 1.82) is 0 Å². The van der Waals surface area contributed by atoms with Gasteiger partial charge in [-0.25, -0.2) is 9.29 Å². The lowest BCUT2D eigenvalue weighted by Gasteiger charge is -2.26. The highest BCUT2D eigenvalue weighted by Gasteiger charge is 2.43. The van der Waals surface area contributed by atoms with Crippen LogP contribution in [0.2, 0.25) is 0 Å². The van der Waals surface area contributed by atoms with Gasteiger partial charge in [0, 0.05) is 6.04 Å². The van der Waals surface area contributed by atoms with Gasteiger partial charge in [0.05, 0.1) is 22.3 Å². The van der Waals surface area contributed by atoms with Crippen molar-refractivity contribution in [3.8, 4) is 0 Å². The third-order valence-electron chi connectivity index (χ3n) is 5.21. The maximum absolute atomic E-state index is 15.1. The van der Waals surface area contributed by atoms with Crippen molar-refractivity contribution in [2.75, 3.05) is 0 Å². The third-order valence-corrected chi connectivity index (χ3v) is 5.21. The van der Waals surface area contributed by atoms with Gasteiger partial charge < -0.3 is 0 Å². The van der Waals surface area contributed by atoms with E-state index in [0.29, 0.717) is 16.0 Å². The van der Waals surface area contributed by atoms with Crippen LogP contribution >= 0.6 is 0 Å². The van der Waals surface area contributed by atoms with E-state index >= 15 is 4.39 Å². The van der Waals surface area contributed by atoms with Gasteiger partial charge in [-0.1, -0.05) is 30.8 Å². The Morgan fingerprint density at radius 2 is 1.14 bits per heavy atom. The van der Waals surface area contributed by atoms with Crippen LogP contribution in [0, 0.1) is 0 Å². The molecule has 0 saturated carbocycles. The van der Waals surface area contributed by atoms with Crippen molar-refractivity contribution in [3.63, 3.8) is 0 Å². The van der Waals surface area contributed by atoms with E-state index in [0.717, 1.165) is 4.90 Å². The first kappa shape index (κ1) is 18.7. The third kappa shape index (κ3) is 2.77. The number of hydrogen-bond donors (Lipinski definition) is 0. The second-order valence-electron chi connectivity index (χ2n) is 7.10. The van der Waals surface area contributed by atoms with E-state index in [1.807, 2.05) is 0 Å². The summed E-state index contributed by atoms with van der Waals surface area (Å²) in [4.78, 5) is 51.6. The molecule has 6 nitrogen and oxygen atoms in total. The number of rotatable bonds is 5. The van der Waals surface area contributed by atoms with E-state index in [1.54, 1.807) is 43.3 Å². The highest BCUT2D eigenvalue weighted by molar-refractivity contribution is 6.22. The molecule has 0 N–H and O–H groups in total. The fourth-order valence-electron chi connectivity index (χ4n) is 3.77. The van der Waals surface area contributed by atoms with Crippen LogP contribution in [0.15, 0.2) is 60.7 Å². The first-order chi connectivity index (χ1) is 13.8. The molecular formula is C22H17FN2O4. The molecule has 2 aliphatic rings. The lowest BCUT2D eigenvalue weighted by Crippen LogP contribution is -2.42. The molecule has 0 bridgehead atoms. The number of nitrogens with zero attached hydrogens (tertiary/aromatic N) is 2. The zero-order valence-corrected chi connectivity index (χ0v) is 15.6. The number of fused-ring (bicyclic) bond motifs is 2. The highest BCUT2D eigenvalue weighted by atomic mass is 19.1. The topological polar surface area (TPSA) is 74.8 Å². The van der Waals surface area contributed by atoms with Gasteiger partial charge in [-0.2, -0.15) is 0 Å². The number of imide groups is 2. The van der Waals surface area contributed by atoms with Crippen LogP contribution in [0.4, 0.5) is 4.39 Å². The van der Waals surface area contributed by atoms with Crippen molar-refractivity contribution in [1.82, 2.24) is 9.80 Å². The SMILES string of the molecule is C=C(CC(C)N1C(=O)c2ccccc2C1=O)C(F)N1C(=O)c2ccccc2C1=O. The summed E-state index contributed by atoms with van der Waals surface area (Å²) < 4.78 is 15.1. The standard InChI is InChI=1S/C22H17FN2O4/c1-12(18(23)25-21(28)16-9-5-6-10-17(16)22(25)29)11-13(2)24-19(26)14-7-3-4-8-15(14)20(24)27/h3-10,13,18H,1,11H2,2H3. The number of carbonyl (C=O) groups is 4. The minimum absolute atomic E-state index is 0.0661. The Morgan fingerprint density at radius 1 is 0.793 bits per heavy atom. The predicted molar refractivity (Wildman–Crippen MR) is 102 cm³/mol. The Morgan fingerprint density at radius 3 is 1.52 bits per heavy atom. The molecule has 2 heterocycles. The van der Waals surface area contributed by atoms with Gasteiger partial charge in [0.1, 0.15) is 0 Å². The molecule has 4 amide bonds. The van der Waals surface area contributed by atoms with Crippen LogP contribution in [0.25, 0.3) is 0 Å². The number of alkyl halides is 1. The molecule has 0 saturated heterocycles. The Hall–Kier alpha value is -3.61. The molecule has 2 aromatic carbocycles. The van der Waals surface area contributed by atoms with Crippen LogP contribution in [-0.4, -0.2) is 45.8 Å². The normalized spacial score (nSPS) is 17.4. The number of halogens is 1. The summed E-state index contributed by atoms with van der Waals surface area (Å²) in [7, 11) is 0. The van der Waals surface area contributed by atoms with Gasteiger partial charge in [-0.3, -0.25) is 24.1 Å². The Labute approximate surface area is 166 Å². The maximum atomic E-state index is 15.1. The molecule has 2 aliphatic heterocycles. The monoisotopic (exact) mass is 392 g/mol. The minimum Gasteiger partial charge on any atom is -0.271 e. The van der Waals surface area contributed by atoms with E-state index in [4.69, 9.17) is 0 Å². The second-order valence-corrected chi connectivity index (χ2v) is 7.10. The summed E-state index contributed by atoms with van der Waals surface area (Å²) >= 11 is 0. The molecule has 2 aromatic rings. The van der Waals surface area contributed by atoms with Gasteiger partial charge in [-0.15, -0.1) is 0 Å². The molecule has 0 radical (unpaired) electrons. The van der Waals surface area contributed by atoms with Crippen LogP contribution in [0.1, 0.15) is 54.8 Å². The van der Waals surface area contributed by atoms with Gasteiger partial charge in [0.15, 0.2) is 0 Å². The number of benzene rings is 2. The van der Waals surface area contributed by atoms with Gasteiger partial charge in [0.2, 0.25) is 6.30 Å². The molecule has 0 spiro atoms. The number of carbonyl (C=O) groups excluding carboxylic acids is 4. The summed E-state index contributed by atoms with van der Waals surface area (Å²) in [5.41, 5.74) is 0.811. The van der Waals surface area contributed by atoms with Crippen LogP contribution in [0.5, 0.6) is 0 Å². The quantitative estimate of drug-likeness (QED) is 0.445. The van der Waals surface area contributed by atoms with Gasteiger partial charge in [0.25, 0.3) is 23.6 Å². The Bertz CT molecular complexity index is 1020. The van der Waals surface area contributed by atoms with Gasteiger partial charge >= 0.3 is 0 Å². The lowest BCUT2D eigenvalue weighted by atomic mass is 10.1. The van der Waals surface area contributed by atoms with Gasteiger partial charge in [-0.05, 0) is 43.2 Å². The molecule has 0 fully saturated rings. The number of amides is 4. The van der Waals surface area contributed by atoms with Crippen molar-refractivity contribution in [2.24, 2.45) is 0 Å². The molecule has 0 aliphatic carbocycles. The molecule has 29 heavy (non-hydrogen) atoms. The zero-order chi connectivity index (χ0) is 20.9. The maximum Gasteiger partial charge on any atom is 0.264 e. The molecule has 7 heteroatoms. The Kier molecular flexibility index (Phi) is 4.38. The second kappa shape index (κ2) is 6.77. The smallest absolute Gasteiger partial charge is 0.264 e. The fourth-order valence-corrected chi connectivity index (χ4v) is 3.77. The summed E-state index contributed by atoms with van der Waals surface area (Å²) in [6, 6.07) is 11.9. The van der Waals surface area contributed by atoms with Crippen LogP contribution in [-0.2, 0) is 0 Å². The van der Waals surface area contributed by atoms with Crippen molar-refractivity contribution < 1.29 is 23.6 Å². The summed E-state index contributed by atoms with van der Waals surface area (Å²) in [6.45, 7) is 5.27. The van der Waals surface area contributed by atoms with Crippen molar-refractivity contribution >= 4 is 23.6 Å². The lowest BCUT2D eigenvalue weighted by molar-refractivity contribution is 0.0452. The minimum atomic E-state index is -2.06. The van der Waals surface area contributed by atoms with Crippen LogP contribution in [0.3, 0.4) is 0 Å². The molecular weight excluding hydrogens is 375 g/mol. The average molecular weight is 392 g/mol. The molecule has 2 unspecified atom stereocenters. The highest BCUT2D eigenvalue weighted by Crippen LogP contribution is 2.31. The summed E-state index contributed by atoms with van der Waals surface area (Å²) in [5.74, 6) is -2.37. The first-order valence-electron chi connectivity index (χ1n) is 9.08. The van der Waals surface area contributed by atoms with Crippen molar-refractivity contribution in [3.05, 3.63) is 82.9 Å². The molecule has 2 atom stereocenters. The molecule has 0 aromatic heterocycles. The van der Waals surface area contributed by atoms with E-state index in [9.17, 15) is 19.2 Å². The Balaban J connectivity index is 1.50. The van der Waals surface area contributed by atoms with E-state index in [1.165, 1.54) is 12.1 Å². The first-order valence-corrected chi connectivity index (χ1v) is 9.08. The van der Waals surface area contributed by atoms with Crippen LogP contribution < -0.4 is 0 Å². The average Bonchev–Trinajstić information content (AvgIpc) is 3.12. The fraction of sp³-hybridized carbons (Fsp3) is 0.182. The molecule has 4 rings (SSSR count). The largest absolute Gasteiger partial charge is 0.271 e. The van der Waals surface area contributed by atoms with Crippen molar-refractivity contribution in [2.45, 2.75) is 25.7 Å². The summed E-state index contributed by atoms with van der Waals surface area (Å²) in [6.07, 6.45) is -2.14. The van der Waals surface area contributed by atoms with E-state index in [2.05, 4.69) is 6.58 Å². The number of hydrogen-bond acceptors (Lipinski definition) is 4. The predicted octanol–water partition coefficient (Wildman–Crippen LogP) is 3.21. The summed E-state index contributed by atoms with van der Waals surface area (Å²) in [5, 5.41) is 0. The zero-order valence-electron chi connectivity index (χ0n) is 15.6. The molecule has 146 valence electrons.